The summed E-state index contributed by atoms with van der Waals surface area (Å²) in [5.74, 6) is -0.619. The Morgan fingerprint density at radius 2 is 1.31 bits per heavy atom. The topological polar surface area (TPSA) is 106 Å². The molecular formula is C38H32FN3O5S. The molecule has 0 aromatic heterocycles. The summed E-state index contributed by atoms with van der Waals surface area (Å²) in [5.41, 5.74) is 2.67. The fraction of sp³-hybridized carbons (Fsp3) is 0.0789. The molecule has 5 aromatic rings. The van der Waals surface area contributed by atoms with Gasteiger partial charge < -0.3 is 25.4 Å². The maximum Gasteiger partial charge on any atom is 0.272 e. The van der Waals surface area contributed by atoms with Crippen molar-refractivity contribution < 1.29 is 28.2 Å². The molecule has 3 N–H and O–H groups in total. The number of anilines is 2. The smallest absolute Gasteiger partial charge is 0.272 e. The molecule has 0 aliphatic carbocycles. The van der Waals surface area contributed by atoms with E-state index in [1.807, 2.05) is 30.3 Å². The monoisotopic (exact) mass is 661 g/mol. The maximum absolute atomic E-state index is 13.6. The summed E-state index contributed by atoms with van der Waals surface area (Å²) in [6, 6.07) is 35.6. The number of methoxy groups -OCH3 is 2. The number of carbonyl (C=O) groups is 3. The van der Waals surface area contributed by atoms with E-state index in [0.29, 0.717) is 34.0 Å². The minimum absolute atomic E-state index is 0.0242. The van der Waals surface area contributed by atoms with Crippen molar-refractivity contribution in [3.05, 3.63) is 156 Å². The third-order valence-corrected chi connectivity index (χ3v) is 8.30. The Morgan fingerprint density at radius 1 is 0.708 bits per heavy atom. The normalized spacial score (nSPS) is 11.6. The van der Waals surface area contributed by atoms with Gasteiger partial charge in [0.2, 0.25) is 5.91 Å². The number of amides is 3. The van der Waals surface area contributed by atoms with Crippen LogP contribution in [-0.2, 0) is 9.59 Å². The predicted molar refractivity (Wildman–Crippen MR) is 187 cm³/mol. The molecule has 5 rings (SSSR count). The summed E-state index contributed by atoms with van der Waals surface area (Å²) in [6.07, 6.45) is 1.47. The summed E-state index contributed by atoms with van der Waals surface area (Å²) in [7, 11) is 3.08. The highest BCUT2D eigenvalue weighted by Gasteiger charge is 2.23. The fourth-order valence-corrected chi connectivity index (χ4v) is 5.63. The van der Waals surface area contributed by atoms with Gasteiger partial charge in [-0.3, -0.25) is 14.4 Å². The lowest BCUT2D eigenvalue weighted by Gasteiger charge is -2.18. The Labute approximate surface area is 282 Å². The molecule has 0 aliphatic rings. The van der Waals surface area contributed by atoms with Crippen LogP contribution in [0.4, 0.5) is 15.8 Å². The van der Waals surface area contributed by atoms with Gasteiger partial charge in [0.15, 0.2) is 0 Å². The minimum Gasteiger partial charge on any atom is -0.497 e. The SMILES string of the molecule is COc1cc(NC(=O)C(Sc2ccc(NC(=O)/C(=C/c3ccc(F)cc3)NC(=O)c3ccccc3)cc2)c2ccccc2)cc(OC)c1. The van der Waals surface area contributed by atoms with E-state index in [2.05, 4.69) is 16.0 Å². The van der Waals surface area contributed by atoms with Crippen molar-refractivity contribution in [2.75, 3.05) is 24.9 Å². The van der Waals surface area contributed by atoms with E-state index in [9.17, 15) is 18.8 Å². The molecule has 0 aliphatic heterocycles. The van der Waals surface area contributed by atoms with E-state index < -0.39 is 22.9 Å². The maximum atomic E-state index is 13.6. The van der Waals surface area contributed by atoms with Crippen LogP contribution in [0, 0.1) is 5.82 Å². The molecule has 0 saturated carbocycles. The Kier molecular flexibility index (Phi) is 11.2. The molecule has 0 bridgehead atoms. The van der Waals surface area contributed by atoms with Crippen molar-refractivity contribution in [3.63, 3.8) is 0 Å². The van der Waals surface area contributed by atoms with Gasteiger partial charge in [-0.1, -0.05) is 60.7 Å². The molecule has 10 heteroatoms. The molecule has 0 heterocycles. The first-order valence-corrected chi connectivity index (χ1v) is 15.7. The number of benzene rings is 5. The van der Waals surface area contributed by atoms with Crippen molar-refractivity contribution in [2.45, 2.75) is 10.1 Å². The van der Waals surface area contributed by atoms with Crippen LogP contribution < -0.4 is 25.4 Å². The Bertz CT molecular complexity index is 1880. The molecule has 0 fully saturated rings. The Morgan fingerprint density at radius 3 is 1.92 bits per heavy atom. The molecule has 242 valence electrons. The second-order valence-electron chi connectivity index (χ2n) is 10.4. The summed E-state index contributed by atoms with van der Waals surface area (Å²) < 4.78 is 24.2. The molecule has 0 radical (unpaired) electrons. The first-order chi connectivity index (χ1) is 23.3. The molecule has 0 spiro atoms. The molecule has 3 amide bonds. The van der Waals surface area contributed by atoms with Gasteiger partial charge in [0.05, 0.1) is 14.2 Å². The number of halogens is 1. The van der Waals surface area contributed by atoms with E-state index in [1.54, 1.807) is 87.0 Å². The number of rotatable bonds is 12. The predicted octanol–water partition coefficient (Wildman–Crippen LogP) is 7.72. The van der Waals surface area contributed by atoms with Gasteiger partial charge in [-0.15, -0.1) is 11.8 Å². The highest BCUT2D eigenvalue weighted by molar-refractivity contribution is 8.00. The van der Waals surface area contributed by atoms with Gasteiger partial charge in [0.25, 0.3) is 11.8 Å². The molecule has 8 nitrogen and oxygen atoms in total. The Balaban J connectivity index is 1.33. The van der Waals surface area contributed by atoms with Gasteiger partial charge >= 0.3 is 0 Å². The summed E-state index contributed by atoms with van der Waals surface area (Å²) in [6.45, 7) is 0. The van der Waals surface area contributed by atoms with Crippen molar-refractivity contribution in [1.29, 1.82) is 0 Å². The van der Waals surface area contributed by atoms with E-state index >= 15 is 0 Å². The molecule has 1 atom stereocenters. The van der Waals surface area contributed by atoms with E-state index in [1.165, 1.54) is 42.1 Å². The lowest BCUT2D eigenvalue weighted by Crippen LogP contribution is -2.30. The number of hydrogen-bond acceptors (Lipinski definition) is 6. The molecule has 0 saturated heterocycles. The molecule has 48 heavy (non-hydrogen) atoms. The van der Waals surface area contributed by atoms with Gasteiger partial charge in [-0.25, -0.2) is 4.39 Å². The largest absolute Gasteiger partial charge is 0.497 e. The summed E-state index contributed by atoms with van der Waals surface area (Å²) in [5, 5.41) is 7.85. The first-order valence-electron chi connectivity index (χ1n) is 14.8. The van der Waals surface area contributed by atoms with Crippen LogP contribution in [0.15, 0.2) is 138 Å². The van der Waals surface area contributed by atoms with Crippen molar-refractivity contribution in [3.8, 4) is 11.5 Å². The highest BCUT2D eigenvalue weighted by atomic mass is 32.2. The quantitative estimate of drug-likeness (QED) is 0.0934. The first kappa shape index (κ1) is 33.5. The van der Waals surface area contributed by atoms with Crippen LogP contribution in [-0.4, -0.2) is 31.9 Å². The van der Waals surface area contributed by atoms with Gasteiger partial charge in [0.1, 0.15) is 28.3 Å². The third-order valence-electron chi connectivity index (χ3n) is 7.04. The minimum atomic E-state index is -0.609. The number of ether oxygens (including phenoxy) is 2. The van der Waals surface area contributed by atoms with Crippen LogP contribution in [0.25, 0.3) is 6.08 Å². The second-order valence-corrected chi connectivity index (χ2v) is 11.6. The van der Waals surface area contributed by atoms with E-state index in [4.69, 9.17) is 9.47 Å². The van der Waals surface area contributed by atoms with Crippen LogP contribution in [0.1, 0.15) is 26.7 Å². The number of nitrogens with one attached hydrogen (secondary N) is 3. The molecule has 1 unspecified atom stereocenters. The van der Waals surface area contributed by atoms with Crippen molar-refractivity contribution in [1.82, 2.24) is 5.32 Å². The standard InChI is InChI=1S/C38H32FN3O5S/c1-46-31-22-30(23-32(24-31)47-2)41-38(45)35(26-9-5-3-6-10-26)48-33-19-17-29(18-20-33)40-37(44)34(21-25-13-15-28(39)16-14-25)42-36(43)27-11-7-4-8-12-27/h3-24,35H,1-2H3,(H,40,44)(H,41,45)(H,42,43)/b34-21-. The number of thioether (sulfide) groups is 1. The number of carbonyl (C=O) groups excluding carboxylic acids is 3. The van der Waals surface area contributed by atoms with E-state index in [0.717, 1.165) is 10.5 Å². The Hall–Kier alpha value is -5.87. The fourth-order valence-electron chi connectivity index (χ4n) is 4.61. The average Bonchev–Trinajstić information content (AvgIpc) is 3.12. The lowest BCUT2D eigenvalue weighted by atomic mass is 10.1. The van der Waals surface area contributed by atoms with Crippen LogP contribution >= 0.6 is 11.8 Å². The summed E-state index contributed by atoms with van der Waals surface area (Å²) >= 11 is 1.35. The van der Waals surface area contributed by atoms with Crippen molar-refractivity contribution in [2.24, 2.45) is 0 Å². The zero-order valence-electron chi connectivity index (χ0n) is 26.1. The molecular weight excluding hydrogens is 629 g/mol. The van der Waals surface area contributed by atoms with Gasteiger partial charge in [-0.05, 0) is 65.7 Å². The highest BCUT2D eigenvalue weighted by Crippen LogP contribution is 2.37. The van der Waals surface area contributed by atoms with Gasteiger partial charge in [-0.2, -0.15) is 0 Å². The average molecular weight is 662 g/mol. The third kappa shape index (κ3) is 9.11. The van der Waals surface area contributed by atoms with E-state index in [-0.39, 0.29) is 11.6 Å². The second kappa shape index (κ2) is 16.1. The number of hydrogen-bond donors (Lipinski definition) is 3. The molecule has 5 aromatic carbocycles. The lowest BCUT2D eigenvalue weighted by molar-refractivity contribution is -0.116. The zero-order valence-corrected chi connectivity index (χ0v) is 26.9. The van der Waals surface area contributed by atoms with Crippen LogP contribution in [0.3, 0.4) is 0 Å². The zero-order chi connectivity index (χ0) is 33.9. The van der Waals surface area contributed by atoms with Crippen LogP contribution in [0.2, 0.25) is 0 Å². The van der Waals surface area contributed by atoms with Crippen molar-refractivity contribution >= 4 is 46.9 Å². The van der Waals surface area contributed by atoms with Crippen LogP contribution in [0.5, 0.6) is 11.5 Å². The van der Waals surface area contributed by atoms with Gasteiger partial charge in [0, 0.05) is 40.0 Å². The summed E-state index contributed by atoms with van der Waals surface area (Å²) in [4.78, 5) is 40.7.